The standard InChI is InChI=1S/C13H14ClN3O/c1-9(2)16-8-10(7-15)13(18)17-12-6-4-3-5-11(12)14/h3-6,8-9,16H,1-2H3,(H,17,18)/b10-8-. The molecule has 1 amide bonds. The van der Waals surface area contributed by atoms with Gasteiger partial charge in [-0.25, -0.2) is 0 Å². The molecule has 0 radical (unpaired) electrons. The number of halogens is 1. The van der Waals surface area contributed by atoms with Crippen molar-refractivity contribution in [2.45, 2.75) is 19.9 Å². The van der Waals surface area contributed by atoms with Crippen LogP contribution in [0.2, 0.25) is 5.02 Å². The molecule has 0 aromatic heterocycles. The third-order valence-electron chi connectivity index (χ3n) is 2.05. The van der Waals surface area contributed by atoms with Crippen molar-refractivity contribution in [3.8, 4) is 6.07 Å². The van der Waals surface area contributed by atoms with E-state index in [-0.39, 0.29) is 11.6 Å². The molecule has 1 rings (SSSR count). The minimum atomic E-state index is -0.487. The molecule has 0 heterocycles. The topological polar surface area (TPSA) is 64.9 Å². The Balaban J connectivity index is 2.79. The maximum Gasteiger partial charge on any atom is 0.267 e. The number of carbonyl (C=O) groups excluding carboxylic acids is 1. The first kappa shape index (κ1) is 14.1. The van der Waals surface area contributed by atoms with Gasteiger partial charge in [0.25, 0.3) is 5.91 Å². The van der Waals surface area contributed by atoms with Crippen molar-refractivity contribution in [1.82, 2.24) is 5.32 Å². The highest BCUT2D eigenvalue weighted by Crippen LogP contribution is 2.20. The van der Waals surface area contributed by atoms with Crippen molar-refractivity contribution in [1.29, 1.82) is 5.26 Å². The first-order valence-electron chi connectivity index (χ1n) is 5.46. The van der Waals surface area contributed by atoms with Gasteiger partial charge in [-0.15, -0.1) is 0 Å². The normalized spacial score (nSPS) is 10.9. The molecule has 0 fully saturated rings. The van der Waals surface area contributed by atoms with Gasteiger partial charge in [0.15, 0.2) is 0 Å². The third-order valence-corrected chi connectivity index (χ3v) is 2.38. The molecule has 1 aromatic rings. The summed E-state index contributed by atoms with van der Waals surface area (Å²) in [5.41, 5.74) is 0.485. The van der Waals surface area contributed by atoms with Crippen LogP contribution in [-0.2, 0) is 4.79 Å². The van der Waals surface area contributed by atoms with E-state index in [0.29, 0.717) is 10.7 Å². The number of hydrogen-bond donors (Lipinski definition) is 2. The SMILES string of the molecule is CC(C)N/C=C(/C#N)C(=O)Nc1ccccc1Cl. The van der Waals surface area contributed by atoms with Crippen LogP contribution in [0.15, 0.2) is 36.0 Å². The monoisotopic (exact) mass is 263 g/mol. The van der Waals surface area contributed by atoms with Gasteiger partial charge in [0, 0.05) is 12.2 Å². The van der Waals surface area contributed by atoms with Gasteiger partial charge in [-0.1, -0.05) is 23.7 Å². The number of nitrogens with zero attached hydrogens (tertiary/aromatic N) is 1. The van der Waals surface area contributed by atoms with Crippen LogP contribution in [0.4, 0.5) is 5.69 Å². The summed E-state index contributed by atoms with van der Waals surface area (Å²) < 4.78 is 0. The maximum atomic E-state index is 11.8. The van der Waals surface area contributed by atoms with E-state index in [1.54, 1.807) is 24.3 Å². The Kier molecular flexibility index (Phi) is 5.22. The Morgan fingerprint density at radius 3 is 2.67 bits per heavy atom. The Morgan fingerprint density at radius 2 is 2.11 bits per heavy atom. The van der Waals surface area contributed by atoms with Crippen molar-refractivity contribution in [3.63, 3.8) is 0 Å². The van der Waals surface area contributed by atoms with Gasteiger partial charge in [-0.2, -0.15) is 5.26 Å². The van der Waals surface area contributed by atoms with E-state index < -0.39 is 5.91 Å². The molecule has 4 nitrogen and oxygen atoms in total. The van der Waals surface area contributed by atoms with Gasteiger partial charge >= 0.3 is 0 Å². The zero-order chi connectivity index (χ0) is 13.5. The molecule has 0 atom stereocenters. The van der Waals surface area contributed by atoms with Gasteiger partial charge in [-0.3, -0.25) is 4.79 Å². The molecule has 0 aliphatic heterocycles. The van der Waals surface area contributed by atoms with E-state index in [1.165, 1.54) is 6.20 Å². The van der Waals surface area contributed by atoms with Crippen LogP contribution in [-0.4, -0.2) is 11.9 Å². The molecular formula is C13H14ClN3O. The Bertz CT molecular complexity index is 503. The molecule has 18 heavy (non-hydrogen) atoms. The lowest BCUT2D eigenvalue weighted by Gasteiger charge is -2.07. The van der Waals surface area contributed by atoms with Crippen molar-refractivity contribution < 1.29 is 4.79 Å². The summed E-state index contributed by atoms with van der Waals surface area (Å²) in [6.07, 6.45) is 1.40. The number of para-hydroxylation sites is 1. The molecule has 0 aliphatic carbocycles. The molecular weight excluding hydrogens is 250 g/mol. The zero-order valence-corrected chi connectivity index (χ0v) is 11.0. The number of hydrogen-bond acceptors (Lipinski definition) is 3. The van der Waals surface area contributed by atoms with Gasteiger partial charge in [-0.05, 0) is 26.0 Å². The highest BCUT2D eigenvalue weighted by molar-refractivity contribution is 6.33. The zero-order valence-electron chi connectivity index (χ0n) is 10.2. The largest absolute Gasteiger partial charge is 0.387 e. The summed E-state index contributed by atoms with van der Waals surface area (Å²) in [4.78, 5) is 11.8. The van der Waals surface area contributed by atoms with Crippen LogP contribution < -0.4 is 10.6 Å². The summed E-state index contributed by atoms with van der Waals surface area (Å²) in [7, 11) is 0. The van der Waals surface area contributed by atoms with Gasteiger partial charge in [0.2, 0.25) is 0 Å². The Labute approximate surface area is 111 Å². The fourth-order valence-electron chi connectivity index (χ4n) is 1.15. The van der Waals surface area contributed by atoms with Gasteiger partial charge in [0.05, 0.1) is 10.7 Å². The first-order valence-corrected chi connectivity index (χ1v) is 5.84. The smallest absolute Gasteiger partial charge is 0.267 e. The van der Waals surface area contributed by atoms with Crippen LogP contribution in [0.3, 0.4) is 0 Å². The van der Waals surface area contributed by atoms with E-state index in [2.05, 4.69) is 10.6 Å². The number of rotatable bonds is 4. The average molecular weight is 264 g/mol. The number of nitriles is 1. The average Bonchev–Trinajstić information content (AvgIpc) is 2.32. The number of carbonyl (C=O) groups is 1. The molecule has 0 aliphatic rings. The van der Waals surface area contributed by atoms with E-state index in [9.17, 15) is 4.79 Å². The Hall–Kier alpha value is -1.99. The van der Waals surface area contributed by atoms with Crippen molar-refractivity contribution in [2.75, 3.05) is 5.32 Å². The van der Waals surface area contributed by atoms with Crippen molar-refractivity contribution in [2.24, 2.45) is 0 Å². The van der Waals surface area contributed by atoms with Crippen LogP contribution in [0.25, 0.3) is 0 Å². The minimum absolute atomic E-state index is 0.00335. The van der Waals surface area contributed by atoms with Gasteiger partial charge < -0.3 is 10.6 Å². The lowest BCUT2D eigenvalue weighted by Crippen LogP contribution is -2.20. The summed E-state index contributed by atoms with van der Waals surface area (Å²) in [5, 5.41) is 14.8. The Morgan fingerprint density at radius 1 is 1.44 bits per heavy atom. The van der Waals surface area contributed by atoms with E-state index in [4.69, 9.17) is 16.9 Å². The van der Waals surface area contributed by atoms with E-state index >= 15 is 0 Å². The third kappa shape index (κ3) is 4.11. The minimum Gasteiger partial charge on any atom is -0.387 e. The van der Waals surface area contributed by atoms with E-state index in [0.717, 1.165) is 0 Å². The fourth-order valence-corrected chi connectivity index (χ4v) is 1.33. The molecule has 0 spiro atoms. The van der Waals surface area contributed by atoms with Crippen LogP contribution >= 0.6 is 11.6 Å². The predicted molar refractivity (Wildman–Crippen MR) is 72.0 cm³/mol. The second kappa shape index (κ2) is 6.67. The summed E-state index contributed by atoms with van der Waals surface area (Å²) in [6.45, 7) is 3.83. The lowest BCUT2D eigenvalue weighted by atomic mass is 10.2. The molecule has 1 aromatic carbocycles. The van der Waals surface area contributed by atoms with E-state index in [1.807, 2.05) is 19.9 Å². The quantitative estimate of drug-likeness (QED) is 0.648. The van der Waals surface area contributed by atoms with Crippen LogP contribution in [0.1, 0.15) is 13.8 Å². The number of anilines is 1. The summed E-state index contributed by atoms with van der Waals surface area (Å²) >= 11 is 5.91. The number of amides is 1. The second-order valence-corrected chi connectivity index (χ2v) is 4.33. The van der Waals surface area contributed by atoms with Crippen molar-refractivity contribution >= 4 is 23.2 Å². The highest BCUT2D eigenvalue weighted by atomic mass is 35.5. The molecule has 0 bridgehead atoms. The molecule has 0 saturated carbocycles. The molecule has 0 unspecified atom stereocenters. The summed E-state index contributed by atoms with van der Waals surface area (Å²) in [5.74, 6) is -0.487. The van der Waals surface area contributed by atoms with Crippen molar-refractivity contribution in [3.05, 3.63) is 41.1 Å². The van der Waals surface area contributed by atoms with Crippen LogP contribution in [0, 0.1) is 11.3 Å². The van der Waals surface area contributed by atoms with Gasteiger partial charge in [0.1, 0.15) is 11.6 Å². The number of benzene rings is 1. The first-order chi connectivity index (χ1) is 8.54. The predicted octanol–water partition coefficient (Wildman–Crippen LogP) is 2.68. The maximum absolute atomic E-state index is 11.8. The second-order valence-electron chi connectivity index (χ2n) is 3.93. The molecule has 0 saturated heterocycles. The molecule has 2 N–H and O–H groups in total. The molecule has 5 heteroatoms. The number of nitrogens with one attached hydrogen (secondary N) is 2. The molecule has 94 valence electrons. The van der Waals surface area contributed by atoms with Crippen LogP contribution in [0.5, 0.6) is 0 Å². The highest BCUT2D eigenvalue weighted by Gasteiger charge is 2.10. The lowest BCUT2D eigenvalue weighted by molar-refractivity contribution is -0.112. The fraction of sp³-hybridized carbons (Fsp3) is 0.231. The summed E-state index contributed by atoms with van der Waals surface area (Å²) in [6, 6.07) is 8.85.